The molecule has 9 aliphatic carbocycles. The van der Waals surface area contributed by atoms with E-state index in [0.717, 1.165) is 23.7 Å². The highest BCUT2D eigenvalue weighted by Crippen LogP contribution is 2.68. The third-order valence-electron chi connectivity index (χ3n) is 16.8. The molecule has 0 aliphatic heterocycles. The Bertz CT molecular complexity index is 1790. The Morgan fingerprint density at radius 1 is 0.585 bits per heavy atom. The number of benzene rings is 1. The van der Waals surface area contributed by atoms with E-state index in [1.165, 1.54) is 76.2 Å². The second kappa shape index (κ2) is 13.8. The maximum Gasteiger partial charge on any atom is 0.0287 e. The summed E-state index contributed by atoms with van der Waals surface area (Å²) < 4.78 is 0. The first-order valence-electron chi connectivity index (χ1n) is 22.0. The van der Waals surface area contributed by atoms with Crippen molar-refractivity contribution in [1.29, 1.82) is 0 Å². The Morgan fingerprint density at radius 2 is 1.34 bits per heavy atom. The van der Waals surface area contributed by atoms with Gasteiger partial charge in [0, 0.05) is 29.5 Å². The predicted molar refractivity (Wildman–Crippen MR) is 222 cm³/mol. The van der Waals surface area contributed by atoms with Gasteiger partial charge in [0.1, 0.15) is 0 Å². The average Bonchev–Trinajstić information content (AvgIpc) is 3.65. The molecule has 0 spiro atoms. The monoisotopic (exact) mass is 701 g/mol. The van der Waals surface area contributed by atoms with Crippen molar-refractivity contribution >= 4 is 0 Å². The van der Waals surface area contributed by atoms with Crippen molar-refractivity contribution in [2.24, 2.45) is 64.1 Å². The second-order valence-electron chi connectivity index (χ2n) is 19.2. The number of rotatable bonds is 6. The van der Waals surface area contributed by atoms with Gasteiger partial charge in [-0.1, -0.05) is 147 Å². The first kappa shape index (κ1) is 34.3. The Labute approximate surface area is 321 Å². The molecule has 10 rings (SSSR count). The van der Waals surface area contributed by atoms with E-state index < -0.39 is 0 Å². The van der Waals surface area contributed by atoms with Crippen molar-refractivity contribution in [3.63, 3.8) is 0 Å². The topological polar surface area (TPSA) is 3.24 Å². The molecule has 1 heteroatoms. The first-order valence-corrected chi connectivity index (χ1v) is 22.0. The van der Waals surface area contributed by atoms with Crippen molar-refractivity contribution in [2.45, 2.75) is 109 Å². The molecule has 1 aromatic carbocycles. The molecule has 0 aromatic heterocycles. The molecule has 0 bridgehead atoms. The molecule has 9 aliphatic rings. The van der Waals surface area contributed by atoms with E-state index in [9.17, 15) is 0 Å². The molecule has 53 heavy (non-hydrogen) atoms. The van der Waals surface area contributed by atoms with Crippen molar-refractivity contribution in [3.05, 3.63) is 145 Å². The molecule has 0 heterocycles. The lowest BCUT2D eigenvalue weighted by Crippen LogP contribution is -2.53. The van der Waals surface area contributed by atoms with Crippen LogP contribution in [0.3, 0.4) is 0 Å². The van der Waals surface area contributed by atoms with Crippen molar-refractivity contribution in [1.82, 2.24) is 4.90 Å². The second-order valence-corrected chi connectivity index (χ2v) is 19.2. The molecule has 0 N–H and O–H groups in total. The van der Waals surface area contributed by atoms with Crippen LogP contribution in [0.1, 0.15) is 96.0 Å². The van der Waals surface area contributed by atoms with E-state index in [0.29, 0.717) is 59.0 Å². The average molecular weight is 702 g/mol. The lowest BCUT2D eigenvalue weighted by Gasteiger charge is -2.52. The van der Waals surface area contributed by atoms with Crippen LogP contribution in [-0.2, 0) is 0 Å². The SMILES string of the molecule is CC1(C)C2C=CC=CC2C2CCC(N(C3C=CC(c4ccccc4)CC3)C3C=CC(C4(C5=CCCC=C5)C5C=CC=CC5C5CCC=CC54)CC3)CC21. The third-order valence-corrected chi connectivity index (χ3v) is 16.8. The van der Waals surface area contributed by atoms with E-state index in [1.807, 2.05) is 0 Å². The zero-order valence-corrected chi connectivity index (χ0v) is 32.4. The number of hydrogen-bond donors (Lipinski definition) is 0. The van der Waals surface area contributed by atoms with E-state index in [4.69, 9.17) is 0 Å². The van der Waals surface area contributed by atoms with Crippen molar-refractivity contribution in [2.75, 3.05) is 0 Å². The Morgan fingerprint density at radius 3 is 2.08 bits per heavy atom. The summed E-state index contributed by atoms with van der Waals surface area (Å²) in [6.07, 6.45) is 57.8. The van der Waals surface area contributed by atoms with Crippen LogP contribution in [0.2, 0.25) is 0 Å². The molecule has 1 aromatic rings. The molecule has 14 atom stereocenters. The molecule has 1 nitrogen and oxygen atoms in total. The molecular formula is C52H63N. The molecule has 0 amide bonds. The fraction of sp³-hybridized carbons (Fsp3) is 0.538. The minimum atomic E-state index is 0.160. The van der Waals surface area contributed by atoms with Gasteiger partial charge >= 0.3 is 0 Å². The van der Waals surface area contributed by atoms with Gasteiger partial charge in [0.15, 0.2) is 0 Å². The summed E-state index contributed by atoms with van der Waals surface area (Å²) in [4.78, 5) is 3.11. The van der Waals surface area contributed by atoms with Gasteiger partial charge in [-0.25, -0.2) is 0 Å². The number of allylic oxidation sites excluding steroid dienone is 16. The fourth-order valence-electron chi connectivity index (χ4n) is 14.6. The maximum absolute atomic E-state index is 3.11. The van der Waals surface area contributed by atoms with Gasteiger partial charge in [0.2, 0.25) is 0 Å². The van der Waals surface area contributed by atoms with Crippen molar-refractivity contribution < 1.29 is 0 Å². The lowest BCUT2D eigenvalue weighted by molar-refractivity contribution is 0.0223. The Kier molecular flexibility index (Phi) is 8.97. The first-order chi connectivity index (χ1) is 26.0. The van der Waals surface area contributed by atoms with E-state index in [1.54, 1.807) is 5.57 Å². The van der Waals surface area contributed by atoms with Crippen LogP contribution in [0.4, 0.5) is 0 Å². The Balaban J connectivity index is 0.991. The predicted octanol–water partition coefficient (Wildman–Crippen LogP) is 12.5. The quantitative estimate of drug-likeness (QED) is 0.267. The van der Waals surface area contributed by atoms with Gasteiger partial charge in [0.05, 0.1) is 0 Å². The largest absolute Gasteiger partial charge is 0.288 e. The van der Waals surface area contributed by atoms with Crippen LogP contribution in [0.5, 0.6) is 0 Å². The number of nitrogens with zero attached hydrogens (tertiary/aromatic N) is 1. The van der Waals surface area contributed by atoms with Gasteiger partial charge in [-0.05, 0) is 140 Å². The molecule has 14 unspecified atom stereocenters. The summed E-state index contributed by atoms with van der Waals surface area (Å²) in [6.45, 7) is 5.23. The van der Waals surface area contributed by atoms with Crippen LogP contribution < -0.4 is 0 Å². The lowest BCUT2D eigenvalue weighted by atomic mass is 9.55. The summed E-state index contributed by atoms with van der Waals surface area (Å²) in [7, 11) is 0. The van der Waals surface area contributed by atoms with Crippen LogP contribution >= 0.6 is 0 Å². The summed E-state index contributed by atoms with van der Waals surface area (Å²) >= 11 is 0. The highest BCUT2D eigenvalue weighted by atomic mass is 15.2. The molecule has 3 saturated carbocycles. The standard InChI is InChI=1S/C52H63N/c1-51(2)47-22-12-9-19-43(47)46-34-33-42(35-50(46)51)53(40-29-25-37(26-30-40)36-15-5-3-6-16-36)41-31-27-39(28-32-41)52(38-17-7-4-8-18-38)48-23-13-10-20-44(48)45-21-11-14-24-49(45)52/h3,5-7,9-10,12-20,22-25,27,29,31,37,39-50H,4,8,11,21,26,28,30,32-35H2,1-2H3. The van der Waals surface area contributed by atoms with E-state index in [2.05, 4.69) is 152 Å². The summed E-state index contributed by atoms with van der Waals surface area (Å²) in [5.74, 6) is 6.82. The van der Waals surface area contributed by atoms with E-state index >= 15 is 0 Å². The zero-order valence-electron chi connectivity index (χ0n) is 32.4. The summed E-state index contributed by atoms with van der Waals surface area (Å²) in [6, 6.07) is 13.0. The summed E-state index contributed by atoms with van der Waals surface area (Å²) in [5.41, 5.74) is 3.66. The highest BCUT2D eigenvalue weighted by molar-refractivity contribution is 5.43. The van der Waals surface area contributed by atoms with Crippen LogP contribution in [0.15, 0.2) is 139 Å². The molecule has 3 fully saturated rings. The normalized spacial score (nSPS) is 44.4. The van der Waals surface area contributed by atoms with Crippen molar-refractivity contribution in [3.8, 4) is 0 Å². The van der Waals surface area contributed by atoms with Gasteiger partial charge < -0.3 is 0 Å². The minimum Gasteiger partial charge on any atom is -0.288 e. The maximum atomic E-state index is 3.11. The van der Waals surface area contributed by atoms with Crippen LogP contribution in [0, 0.1) is 64.1 Å². The molecule has 0 saturated heterocycles. The van der Waals surface area contributed by atoms with Gasteiger partial charge in [0.25, 0.3) is 0 Å². The molecular weight excluding hydrogens is 639 g/mol. The van der Waals surface area contributed by atoms with Gasteiger partial charge in [-0.15, -0.1) is 0 Å². The smallest absolute Gasteiger partial charge is 0.0287 e. The van der Waals surface area contributed by atoms with Crippen LogP contribution in [0.25, 0.3) is 0 Å². The fourth-order valence-corrected chi connectivity index (χ4v) is 14.6. The zero-order chi connectivity index (χ0) is 35.6. The molecule has 0 radical (unpaired) electrons. The minimum absolute atomic E-state index is 0.160. The summed E-state index contributed by atoms with van der Waals surface area (Å²) in [5, 5.41) is 0. The third kappa shape index (κ3) is 5.56. The highest BCUT2D eigenvalue weighted by Gasteiger charge is 2.62. The van der Waals surface area contributed by atoms with Crippen LogP contribution in [-0.4, -0.2) is 23.0 Å². The Hall–Kier alpha value is -3.16. The molecule has 276 valence electrons. The van der Waals surface area contributed by atoms with Gasteiger partial charge in [-0.3, -0.25) is 4.90 Å². The van der Waals surface area contributed by atoms with E-state index in [-0.39, 0.29) is 5.41 Å². The number of hydrogen-bond acceptors (Lipinski definition) is 1. The van der Waals surface area contributed by atoms with Gasteiger partial charge in [-0.2, -0.15) is 0 Å². The number of fused-ring (bicyclic) bond motifs is 6.